The highest BCUT2D eigenvalue weighted by molar-refractivity contribution is 5.76. The van der Waals surface area contributed by atoms with Gasteiger partial charge in [-0.1, -0.05) is 0 Å². The number of ether oxygens (including phenoxy) is 1. The first-order valence-electron chi connectivity index (χ1n) is 8.40. The summed E-state index contributed by atoms with van der Waals surface area (Å²) in [5.41, 5.74) is 0.230. The maximum Gasteiger partial charge on any atom is 0.220 e. The normalized spacial score (nSPS) is 29.0. The lowest BCUT2D eigenvalue weighted by Crippen LogP contribution is -2.58. The van der Waals surface area contributed by atoms with E-state index in [4.69, 9.17) is 4.74 Å². The number of hydrogen-bond donors (Lipinski definition) is 2. The zero-order valence-electron chi connectivity index (χ0n) is 14.1. The summed E-state index contributed by atoms with van der Waals surface area (Å²) in [7, 11) is 0. The summed E-state index contributed by atoms with van der Waals surface area (Å²) in [6, 6.07) is 0. The number of carbonyl (C=O) groups excluding carboxylic acids is 1. The number of rotatable bonds is 4. The van der Waals surface area contributed by atoms with Crippen LogP contribution in [0.25, 0.3) is 0 Å². The lowest BCUT2D eigenvalue weighted by molar-refractivity contribution is -0.123. The molecule has 21 heavy (non-hydrogen) atoms. The van der Waals surface area contributed by atoms with Crippen molar-refractivity contribution in [3.63, 3.8) is 0 Å². The third-order valence-corrected chi connectivity index (χ3v) is 4.59. The molecule has 0 aliphatic carbocycles. The molecule has 1 atom stereocenters. The molecule has 0 saturated carbocycles. The van der Waals surface area contributed by atoms with Crippen LogP contribution in [0.2, 0.25) is 0 Å². The summed E-state index contributed by atoms with van der Waals surface area (Å²) in [4.78, 5) is 12.2. The summed E-state index contributed by atoms with van der Waals surface area (Å²) in [6.45, 7) is 11.4. The molecule has 1 amide bonds. The van der Waals surface area contributed by atoms with E-state index in [1.54, 1.807) is 0 Å². The second-order valence-electron chi connectivity index (χ2n) is 8.26. The van der Waals surface area contributed by atoms with E-state index < -0.39 is 0 Å². The molecule has 0 bridgehead atoms. The van der Waals surface area contributed by atoms with E-state index >= 15 is 0 Å². The highest BCUT2D eigenvalue weighted by Crippen LogP contribution is 2.34. The van der Waals surface area contributed by atoms with Crippen molar-refractivity contribution in [1.29, 1.82) is 0 Å². The number of piperidine rings is 1. The van der Waals surface area contributed by atoms with Gasteiger partial charge in [-0.15, -0.1) is 0 Å². The molecule has 122 valence electrons. The smallest absolute Gasteiger partial charge is 0.220 e. The summed E-state index contributed by atoms with van der Waals surface area (Å²) in [5, 5.41) is 6.79. The molecule has 2 aliphatic rings. The molecule has 2 heterocycles. The minimum absolute atomic E-state index is 0.115. The van der Waals surface area contributed by atoms with Crippen molar-refractivity contribution in [3.05, 3.63) is 0 Å². The molecule has 0 aromatic rings. The Labute approximate surface area is 129 Å². The van der Waals surface area contributed by atoms with Crippen LogP contribution in [0.15, 0.2) is 0 Å². The second-order valence-corrected chi connectivity index (χ2v) is 8.26. The van der Waals surface area contributed by atoms with Gasteiger partial charge in [0.05, 0.1) is 6.61 Å². The van der Waals surface area contributed by atoms with Gasteiger partial charge in [0.1, 0.15) is 0 Å². The summed E-state index contributed by atoms with van der Waals surface area (Å²) in [5.74, 6) is 1.18. The Morgan fingerprint density at radius 2 is 1.86 bits per heavy atom. The van der Waals surface area contributed by atoms with Gasteiger partial charge in [-0.2, -0.15) is 0 Å². The Morgan fingerprint density at radius 3 is 2.43 bits per heavy atom. The van der Waals surface area contributed by atoms with E-state index in [0.29, 0.717) is 18.3 Å². The molecule has 4 nitrogen and oxygen atoms in total. The largest absolute Gasteiger partial charge is 0.381 e. The molecule has 2 aliphatic heterocycles. The summed E-state index contributed by atoms with van der Waals surface area (Å²) < 4.78 is 5.46. The summed E-state index contributed by atoms with van der Waals surface area (Å²) in [6.07, 6.45) is 5.08. The van der Waals surface area contributed by atoms with Crippen molar-refractivity contribution in [2.45, 2.75) is 70.9 Å². The van der Waals surface area contributed by atoms with E-state index in [2.05, 4.69) is 38.3 Å². The fourth-order valence-corrected chi connectivity index (χ4v) is 4.24. The van der Waals surface area contributed by atoms with Crippen molar-refractivity contribution in [2.75, 3.05) is 19.8 Å². The zero-order chi connectivity index (χ0) is 15.5. The van der Waals surface area contributed by atoms with Crippen LogP contribution in [0.3, 0.4) is 0 Å². The molecule has 2 N–H and O–H groups in total. The zero-order valence-corrected chi connectivity index (χ0v) is 14.1. The predicted molar refractivity (Wildman–Crippen MR) is 85.2 cm³/mol. The molecule has 2 fully saturated rings. The van der Waals surface area contributed by atoms with Gasteiger partial charge in [0.25, 0.3) is 0 Å². The minimum atomic E-state index is 0.115. The van der Waals surface area contributed by atoms with Crippen LogP contribution in [0.4, 0.5) is 0 Å². The molecule has 0 radical (unpaired) electrons. The molecule has 1 unspecified atom stereocenters. The lowest BCUT2D eigenvalue weighted by Gasteiger charge is -2.46. The minimum Gasteiger partial charge on any atom is -0.381 e. The molecular formula is C17H32N2O2. The molecule has 0 aromatic heterocycles. The van der Waals surface area contributed by atoms with Crippen molar-refractivity contribution in [1.82, 2.24) is 10.6 Å². The second kappa shape index (κ2) is 6.66. The fraction of sp³-hybridized carbons (Fsp3) is 0.941. The van der Waals surface area contributed by atoms with Crippen LogP contribution in [0.1, 0.15) is 59.8 Å². The topological polar surface area (TPSA) is 50.4 Å². The van der Waals surface area contributed by atoms with Gasteiger partial charge in [0.15, 0.2) is 0 Å². The Bertz CT molecular complexity index is 344. The van der Waals surface area contributed by atoms with Crippen LogP contribution in [-0.4, -0.2) is 36.7 Å². The molecular weight excluding hydrogens is 264 g/mol. The molecule has 2 saturated heterocycles. The Morgan fingerprint density at radius 1 is 1.19 bits per heavy atom. The van der Waals surface area contributed by atoms with Crippen LogP contribution in [0.5, 0.6) is 0 Å². The number of amides is 1. The fourth-order valence-electron chi connectivity index (χ4n) is 4.24. The van der Waals surface area contributed by atoms with Gasteiger partial charge in [-0.25, -0.2) is 0 Å². The first-order chi connectivity index (χ1) is 9.76. The third kappa shape index (κ3) is 5.59. The van der Waals surface area contributed by atoms with Gasteiger partial charge < -0.3 is 15.4 Å². The Hall–Kier alpha value is -0.610. The first kappa shape index (κ1) is 16.8. The standard InChI is InChI=1S/C17H32N2O2/c1-16(2)9-14(10-17(3,4)19-16)8-15(20)18-11-13-6-5-7-21-12-13/h13-14,19H,5-12H2,1-4H3,(H,18,20). The first-order valence-corrected chi connectivity index (χ1v) is 8.40. The number of carbonyl (C=O) groups is 1. The Kier molecular flexibility index (Phi) is 5.31. The average molecular weight is 296 g/mol. The molecule has 4 heteroatoms. The van der Waals surface area contributed by atoms with Crippen LogP contribution in [-0.2, 0) is 9.53 Å². The van der Waals surface area contributed by atoms with Crippen molar-refractivity contribution >= 4 is 5.91 Å². The van der Waals surface area contributed by atoms with E-state index in [0.717, 1.165) is 39.0 Å². The number of nitrogens with one attached hydrogen (secondary N) is 2. The van der Waals surface area contributed by atoms with Crippen LogP contribution >= 0.6 is 0 Å². The van der Waals surface area contributed by atoms with E-state index in [-0.39, 0.29) is 17.0 Å². The van der Waals surface area contributed by atoms with E-state index in [9.17, 15) is 4.79 Å². The maximum absolute atomic E-state index is 12.2. The van der Waals surface area contributed by atoms with Gasteiger partial charge >= 0.3 is 0 Å². The van der Waals surface area contributed by atoms with E-state index in [1.807, 2.05) is 0 Å². The molecule has 0 aromatic carbocycles. The summed E-state index contributed by atoms with van der Waals surface area (Å²) >= 11 is 0. The van der Waals surface area contributed by atoms with Gasteiger partial charge in [0, 0.05) is 30.7 Å². The van der Waals surface area contributed by atoms with E-state index in [1.165, 1.54) is 6.42 Å². The van der Waals surface area contributed by atoms with Crippen molar-refractivity contribution in [2.24, 2.45) is 11.8 Å². The quantitative estimate of drug-likeness (QED) is 0.838. The van der Waals surface area contributed by atoms with Crippen molar-refractivity contribution in [3.8, 4) is 0 Å². The predicted octanol–water partition coefficient (Wildman–Crippen LogP) is 2.48. The monoisotopic (exact) mass is 296 g/mol. The van der Waals surface area contributed by atoms with Crippen LogP contribution in [0, 0.1) is 11.8 Å². The van der Waals surface area contributed by atoms with Gasteiger partial charge in [-0.3, -0.25) is 4.79 Å². The van der Waals surface area contributed by atoms with Crippen molar-refractivity contribution < 1.29 is 9.53 Å². The molecule has 0 spiro atoms. The average Bonchev–Trinajstić information content (AvgIpc) is 2.33. The lowest BCUT2D eigenvalue weighted by atomic mass is 9.74. The molecule has 2 rings (SSSR count). The highest BCUT2D eigenvalue weighted by atomic mass is 16.5. The van der Waals surface area contributed by atoms with Gasteiger partial charge in [0.2, 0.25) is 5.91 Å². The highest BCUT2D eigenvalue weighted by Gasteiger charge is 2.38. The van der Waals surface area contributed by atoms with Gasteiger partial charge in [-0.05, 0) is 65.2 Å². The third-order valence-electron chi connectivity index (χ3n) is 4.59. The maximum atomic E-state index is 12.2. The SMILES string of the molecule is CC1(C)CC(CC(=O)NCC2CCCOC2)CC(C)(C)N1. The number of hydrogen-bond acceptors (Lipinski definition) is 3. The Balaban J connectivity index is 1.76. The van der Waals surface area contributed by atoms with Crippen LogP contribution < -0.4 is 10.6 Å².